The van der Waals surface area contributed by atoms with Crippen molar-refractivity contribution in [3.05, 3.63) is 31.7 Å². The largest absolute Gasteiger partial charge is 0.360 e. The second-order valence-corrected chi connectivity index (χ2v) is 6.35. The van der Waals surface area contributed by atoms with Crippen LogP contribution in [0.2, 0.25) is 10.0 Å². The molecule has 0 radical (unpaired) electrons. The van der Waals surface area contributed by atoms with Gasteiger partial charge in [0.1, 0.15) is 0 Å². The summed E-state index contributed by atoms with van der Waals surface area (Å²) in [6, 6.07) is 3.29. The number of amides is 1. The molecule has 0 bridgehead atoms. The van der Waals surface area contributed by atoms with Crippen molar-refractivity contribution in [3.8, 4) is 0 Å². The highest BCUT2D eigenvalue weighted by Crippen LogP contribution is 2.34. The van der Waals surface area contributed by atoms with E-state index in [4.69, 9.17) is 23.2 Å². The Kier molecular flexibility index (Phi) is 5.20. The van der Waals surface area contributed by atoms with E-state index in [9.17, 15) is 4.79 Å². The number of carbonyl (C=O) groups excluding carboxylic acids is 1. The Labute approximate surface area is 137 Å². The van der Waals surface area contributed by atoms with Crippen LogP contribution in [0.25, 0.3) is 0 Å². The Hall–Kier alpha value is -0.890. The van der Waals surface area contributed by atoms with Crippen molar-refractivity contribution in [2.24, 2.45) is 0 Å². The number of benzene rings is 1. The molecule has 9 heteroatoms. The first kappa shape index (κ1) is 15.5. The average Bonchev–Trinajstić information content (AvgIpc) is 2.82. The van der Waals surface area contributed by atoms with E-state index in [1.165, 1.54) is 0 Å². The van der Waals surface area contributed by atoms with Crippen molar-refractivity contribution in [3.63, 3.8) is 0 Å². The number of anilines is 2. The second kappa shape index (κ2) is 6.71. The first-order valence-electron chi connectivity index (χ1n) is 5.54. The molecule has 0 aliphatic rings. The summed E-state index contributed by atoms with van der Waals surface area (Å²) in [6.07, 6.45) is 0. The summed E-state index contributed by atoms with van der Waals surface area (Å²) in [5.74, 6) is -0.405. The van der Waals surface area contributed by atoms with E-state index >= 15 is 0 Å². The van der Waals surface area contributed by atoms with Crippen molar-refractivity contribution >= 4 is 67.2 Å². The van der Waals surface area contributed by atoms with Gasteiger partial charge in [-0.1, -0.05) is 50.5 Å². The molecule has 0 fully saturated rings. The maximum absolute atomic E-state index is 12.1. The zero-order chi connectivity index (χ0) is 14.7. The summed E-state index contributed by atoms with van der Waals surface area (Å²) in [6.45, 7) is 2.64. The summed E-state index contributed by atoms with van der Waals surface area (Å²) < 4.78 is 0.732. The minimum Gasteiger partial charge on any atom is -0.360 e. The lowest BCUT2D eigenvalue weighted by Gasteiger charge is -2.08. The molecule has 1 heterocycles. The van der Waals surface area contributed by atoms with Crippen LogP contribution in [0.15, 0.2) is 16.6 Å². The van der Waals surface area contributed by atoms with Crippen LogP contribution in [0.4, 0.5) is 10.8 Å². The van der Waals surface area contributed by atoms with E-state index < -0.39 is 5.91 Å². The van der Waals surface area contributed by atoms with Gasteiger partial charge in [-0.3, -0.25) is 4.79 Å². The summed E-state index contributed by atoms with van der Waals surface area (Å²) in [5, 5.41) is 14.8. The van der Waals surface area contributed by atoms with Crippen LogP contribution < -0.4 is 10.6 Å². The first-order chi connectivity index (χ1) is 9.51. The zero-order valence-corrected chi connectivity index (χ0v) is 14.1. The third-order valence-electron chi connectivity index (χ3n) is 2.19. The van der Waals surface area contributed by atoms with Crippen molar-refractivity contribution in [1.82, 2.24) is 10.2 Å². The maximum Gasteiger partial charge on any atom is 0.286 e. The van der Waals surface area contributed by atoms with Crippen LogP contribution in [0.5, 0.6) is 0 Å². The van der Waals surface area contributed by atoms with Gasteiger partial charge in [-0.2, -0.15) is 0 Å². The Bertz CT molecular complexity index is 626. The molecule has 1 amide bonds. The quantitative estimate of drug-likeness (QED) is 0.810. The van der Waals surface area contributed by atoms with Gasteiger partial charge in [0.2, 0.25) is 10.1 Å². The van der Waals surface area contributed by atoms with Crippen LogP contribution >= 0.6 is 50.5 Å². The number of carbonyl (C=O) groups is 1. The van der Waals surface area contributed by atoms with Gasteiger partial charge in [0.25, 0.3) is 5.91 Å². The first-order valence-corrected chi connectivity index (χ1v) is 7.91. The van der Waals surface area contributed by atoms with E-state index in [0.29, 0.717) is 27.4 Å². The highest BCUT2D eigenvalue weighted by Gasteiger charge is 2.16. The summed E-state index contributed by atoms with van der Waals surface area (Å²) in [5.41, 5.74) is 0.349. The smallest absolute Gasteiger partial charge is 0.286 e. The molecule has 1 aromatic carbocycles. The van der Waals surface area contributed by atoms with Gasteiger partial charge in [-0.05, 0) is 19.1 Å². The van der Waals surface area contributed by atoms with Gasteiger partial charge >= 0.3 is 0 Å². The molecular weight excluding hydrogens is 387 g/mol. The van der Waals surface area contributed by atoms with Crippen molar-refractivity contribution in [1.29, 1.82) is 0 Å². The molecule has 2 N–H and O–H groups in total. The van der Waals surface area contributed by atoms with Crippen molar-refractivity contribution < 1.29 is 4.79 Å². The Balaban J connectivity index is 2.19. The molecular formula is C11H9BrCl2N4OS. The normalized spacial score (nSPS) is 10.4. The molecule has 2 aromatic rings. The fourth-order valence-electron chi connectivity index (χ4n) is 1.37. The van der Waals surface area contributed by atoms with Gasteiger partial charge in [0.05, 0.1) is 15.7 Å². The summed E-state index contributed by atoms with van der Waals surface area (Å²) in [4.78, 5) is 12.1. The lowest BCUT2D eigenvalue weighted by Crippen LogP contribution is -2.12. The van der Waals surface area contributed by atoms with Crippen LogP contribution in [0, 0.1) is 0 Å². The molecule has 0 aliphatic heterocycles. The number of hydrogen-bond donors (Lipinski definition) is 2. The second-order valence-electron chi connectivity index (χ2n) is 3.64. The SMILES string of the molecule is CCNc1nnc(C(=O)Nc2c(Cl)cc(Br)cc2Cl)s1. The topological polar surface area (TPSA) is 66.9 Å². The fourth-order valence-corrected chi connectivity index (χ4v) is 3.38. The van der Waals surface area contributed by atoms with Gasteiger partial charge in [0.15, 0.2) is 0 Å². The van der Waals surface area contributed by atoms with Gasteiger partial charge in [0, 0.05) is 11.0 Å². The fraction of sp³-hybridized carbons (Fsp3) is 0.182. The number of aromatic nitrogens is 2. The number of nitrogens with zero attached hydrogens (tertiary/aromatic N) is 2. The van der Waals surface area contributed by atoms with E-state index in [-0.39, 0.29) is 5.01 Å². The monoisotopic (exact) mass is 394 g/mol. The Morgan fingerprint density at radius 2 is 2.00 bits per heavy atom. The van der Waals surface area contributed by atoms with Crippen LogP contribution in [0.1, 0.15) is 16.7 Å². The Morgan fingerprint density at radius 1 is 1.35 bits per heavy atom. The van der Waals surface area contributed by atoms with Gasteiger partial charge in [-0.25, -0.2) is 0 Å². The molecule has 0 atom stereocenters. The average molecular weight is 396 g/mol. The van der Waals surface area contributed by atoms with E-state index in [0.717, 1.165) is 15.8 Å². The highest BCUT2D eigenvalue weighted by atomic mass is 79.9. The van der Waals surface area contributed by atoms with Crippen LogP contribution in [0.3, 0.4) is 0 Å². The minimum absolute atomic E-state index is 0.232. The lowest BCUT2D eigenvalue weighted by molar-refractivity contribution is 0.102. The predicted molar refractivity (Wildman–Crippen MR) is 86.2 cm³/mol. The molecule has 0 saturated heterocycles. The molecule has 0 aliphatic carbocycles. The molecule has 1 aromatic heterocycles. The number of halogens is 3. The molecule has 5 nitrogen and oxygen atoms in total. The van der Waals surface area contributed by atoms with Crippen molar-refractivity contribution in [2.75, 3.05) is 17.2 Å². The summed E-state index contributed by atoms with van der Waals surface area (Å²) in [7, 11) is 0. The molecule has 0 spiro atoms. The lowest BCUT2D eigenvalue weighted by atomic mass is 10.3. The van der Waals surface area contributed by atoms with E-state index in [2.05, 4.69) is 36.8 Å². The molecule has 106 valence electrons. The summed E-state index contributed by atoms with van der Waals surface area (Å²) >= 11 is 16.5. The Morgan fingerprint density at radius 3 is 2.60 bits per heavy atom. The zero-order valence-electron chi connectivity index (χ0n) is 10.2. The number of hydrogen-bond acceptors (Lipinski definition) is 5. The third-order valence-corrected chi connectivity index (χ3v) is 4.13. The van der Waals surface area contributed by atoms with E-state index in [1.54, 1.807) is 12.1 Å². The van der Waals surface area contributed by atoms with Crippen LogP contribution in [-0.4, -0.2) is 22.6 Å². The van der Waals surface area contributed by atoms with Gasteiger partial charge < -0.3 is 10.6 Å². The van der Waals surface area contributed by atoms with Gasteiger partial charge in [-0.15, -0.1) is 10.2 Å². The molecule has 0 saturated carbocycles. The molecule has 0 unspecified atom stereocenters. The van der Waals surface area contributed by atoms with Crippen molar-refractivity contribution in [2.45, 2.75) is 6.92 Å². The number of nitrogens with one attached hydrogen (secondary N) is 2. The molecule has 2 rings (SSSR count). The predicted octanol–water partition coefficient (Wildman–Crippen LogP) is 4.29. The maximum atomic E-state index is 12.1. The minimum atomic E-state index is -0.405. The standard InChI is InChI=1S/C11H9BrCl2N4OS/c1-2-15-11-18-17-10(20-11)9(19)16-8-6(13)3-5(12)4-7(8)14/h3-4H,2H2,1H3,(H,15,18)(H,16,19). The van der Waals surface area contributed by atoms with E-state index in [1.807, 2.05) is 6.92 Å². The van der Waals surface area contributed by atoms with Crippen LogP contribution in [-0.2, 0) is 0 Å². The molecule has 20 heavy (non-hydrogen) atoms. The number of rotatable bonds is 4. The highest BCUT2D eigenvalue weighted by molar-refractivity contribution is 9.10. The third kappa shape index (κ3) is 3.60.